The maximum Gasteiger partial charge on any atom is 0.183 e. The van der Waals surface area contributed by atoms with Gasteiger partial charge >= 0.3 is 0 Å². The summed E-state index contributed by atoms with van der Waals surface area (Å²) in [7, 11) is -3.62. The van der Waals surface area contributed by atoms with E-state index in [0.29, 0.717) is 10.0 Å². The summed E-state index contributed by atoms with van der Waals surface area (Å²) in [5.74, 6) is -0.937. The zero-order valence-corrected chi connectivity index (χ0v) is 12.9. The summed E-state index contributed by atoms with van der Waals surface area (Å²) in [4.78, 5) is 0.151. The molecule has 0 bridgehead atoms. The van der Waals surface area contributed by atoms with Crippen LogP contribution < -0.4 is 5.73 Å². The summed E-state index contributed by atoms with van der Waals surface area (Å²) >= 11 is 3.20. The smallest absolute Gasteiger partial charge is 0.183 e. The standard InChI is InChI=1S/C14H13BrFNO2S/c15-12-3-1-2-4-14(12)20(18,19)9-11-7-10(8-17)5-6-13(11)16/h1-7H,8-9,17H2. The molecule has 0 saturated heterocycles. The normalized spacial score (nSPS) is 11.6. The lowest BCUT2D eigenvalue weighted by Crippen LogP contribution is -2.08. The third-order valence-corrected chi connectivity index (χ3v) is 5.53. The van der Waals surface area contributed by atoms with Gasteiger partial charge in [-0.15, -0.1) is 0 Å². The molecule has 2 aromatic carbocycles. The molecule has 0 fully saturated rings. The first-order valence-corrected chi connectivity index (χ1v) is 8.33. The summed E-state index contributed by atoms with van der Waals surface area (Å²) < 4.78 is 38.9. The highest BCUT2D eigenvalue weighted by atomic mass is 79.9. The van der Waals surface area contributed by atoms with Crippen LogP contribution in [0.1, 0.15) is 11.1 Å². The van der Waals surface area contributed by atoms with Gasteiger partial charge in [0.1, 0.15) is 5.82 Å². The van der Waals surface area contributed by atoms with Gasteiger partial charge in [0.2, 0.25) is 0 Å². The van der Waals surface area contributed by atoms with Crippen LogP contribution in [0.2, 0.25) is 0 Å². The Morgan fingerprint density at radius 1 is 1.15 bits per heavy atom. The van der Waals surface area contributed by atoms with Gasteiger partial charge < -0.3 is 5.73 Å². The van der Waals surface area contributed by atoms with Crippen LogP contribution in [-0.4, -0.2) is 8.42 Å². The second kappa shape index (κ2) is 6.03. The van der Waals surface area contributed by atoms with Crippen molar-refractivity contribution in [2.45, 2.75) is 17.2 Å². The Labute approximate surface area is 125 Å². The van der Waals surface area contributed by atoms with E-state index in [9.17, 15) is 12.8 Å². The van der Waals surface area contributed by atoms with Crippen molar-refractivity contribution in [2.75, 3.05) is 0 Å². The van der Waals surface area contributed by atoms with Gasteiger partial charge in [0.15, 0.2) is 9.84 Å². The number of benzene rings is 2. The van der Waals surface area contributed by atoms with Crippen LogP contribution in [0.5, 0.6) is 0 Å². The maximum atomic E-state index is 13.7. The van der Waals surface area contributed by atoms with Crippen LogP contribution in [0.15, 0.2) is 51.8 Å². The molecule has 0 heterocycles. The van der Waals surface area contributed by atoms with Crippen LogP contribution in [0.3, 0.4) is 0 Å². The molecule has 0 aromatic heterocycles. The SMILES string of the molecule is NCc1ccc(F)c(CS(=O)(=O)c2ccccc2Br)c1. The molecule has 106 valence electrons. The van der Waals surface area contributed by atoms with Crippen molar-refractivity contribution in [2.24, 2.45) is 5.73 Å². The van der Waals surface area contributed by atoms with Gasteiger partial charge in [0.05, 0.1) is 10.6 Å². The number of nitrogens with two attached hydrogens (primary N) is 1. The van der Waals surface area contributed by atoms with Gasteiger partial charge in [-0.1, -0.05) is 24.3 Å². The lowest BCUT2D eigenvalue weighted by Gasteiger charge is -2.09. The van der Waals surface area contributed by atoms with E-state index in [0.717, 1.165) is 0 Å². The molecule has 0 amide bonds. The largest absolute Gasteiger partial charge is 0.326 e. The Morgan fingerprint density at radius 3 is 2.50 bits per heavy atom. The van der Waals surface area contributed by atoms with Crippen LogP contribution in [0.25, 0.3) is 0 Å². The van der Waals surface area contributed by atoms with E-state index in [-0.39, 0.29) is 17.0 Å². The molecule has 6 heteroatoms. The van der Waals surface area contributed by atoms with Gasteiger partial charge in [-0.05, 0) is 39.7 Å². The Hall–Kier alpha value is -1.24. The minimum Gasteiger partial charge on any atom is -0.326 e. The number of hydrogen-bond donors (Lipinski definition) is 1. The first kappa shape index (κ1) is 15.2. The van der Waals surface area contributed by atoms with E-state index in [2.05, 4.69) is 15.9 Å². The Morgan fingerprint density at radius 2 is 1.85 bits per heavy atom. The van der Waals surface area contributed by atoms with Crippen molar-refractivity contribution >= 4 is 25.8 Å². The fraction of sp³-hybridized carbons (Fsp3) is 0.143. The van der Waals surface area contributed by atoms with Crippen molar-refractivity contribution in [1.29, 1.82) is 0 Å². The van der Waals surface area contributed by atoms with E-state index < -0.39 is 21.4 Å². The van der Waals surface area contributed by atoms with Crippen molar-refractivity contribution in [3.8, 4) is 0 Å². The highest BCUT2D eigenvalue weighted by molar-refractivity contribution is 9.10. The minimum absolute atomic E-state index is 0.128. The molecule has 0 spiro atoms. The Balaban J connectivity index is 2.41. The molecule has 0 atom stereocenters. The topological polar surface area (TPSA) is 60.2 Å². The first-order chi connectivity index (χ1) is 9.44. The Bertz CT molecular complexity index is 732. The molecular weight excluding hydrogens is 345 g/mol. The van der Waals surface area contributed by atoms with Gasteiger partial charge in [-0.3, -0.25) is 0 Å². The zero-order valence-electron chi connectivity index (χ0n) is 10.5. The van der Waals surface area contributed by atoms with Gasteiger partial charge in [0, 0.05) is 16.6 Å². The predicted molar refractivity (Wildman–Crippen MR) is 79.3 cm³/mol. The minimum atomic E-state index is -3.62. The average Bonchev–Trinajstić information content (AvgIpc) is 2.41. The van der Waals surface area contributed by atoms with Crippen LogP contribution in [-0.2, 0) is 22.1 Å². The molecular formula is C14H13BrFNO2S. The third-order valence-electron chi connectivity index (χ3n) is 2.86. The summed E-state index contributed by atoms with van der Waals surface area (Å²) in [6.45, 7) is 0.238. The van der Waals surface area contributed by atoms with Crippen molar-refractivity contribution in [3.05, 3.63) is 63.9 Å². The summed E-state index contributed by atoms with van der Waals surface area (Å²) in [6, 6.07) is 10.8. The summed E-state index contributed by atoms with van der Waals surface area (Å²) in [6.07, 6.45) is 0. The van der Waals surface area contributed by atoms with Crippen molar-refractivity contribution < 1.29 is 12.8 Å². The molecule has 0 aliphatic rings. The van der Waals surface area contributed by atoms with E-state index in [1.54, 1.807) is 24.3 Å². The molecule has 0 radical (unpaired) electrons. The lowest BCUT2D eigenvalue weighted by atomic mass is 10.1. The van der Waals surface area contributed by atoms with E-state index in [4.69, 9.17) is 5.73 Å². The first-order valence-electron chi connectivity index (χ1n) is 5.88. The molecule has 0 saturated carbocycles. The third kappa shape index (κ3) is 3.26. The van der Waals surface area contributed by atoms with Crippen molar-refractivity contribution in [1.82, 2.24) is 0 Å². The highest BCUT2D eigenvalue weighted by Crippen LogP contribution is 2.25. The van der Waals surface area contributed by atoms with Gasteiger partial charge in [-0.25, -0.2) is 12.8 Å². The molecule has 0 unspecified atom stereocenters. The lowest BCUT2D eigenvalue weighted by molar-refractivity contribution is 0.586. The zero-order chi connectivity index (χ0) is 14.8. The number of sulfone groups is 1. The maximum absolute atomic E-state index is 13.7. The second-order valence-corrected chi connectivity index (χ2v) is 7.13. The fourth-order valence-electron chi connectivity index (χ4n) is 1.85. The average molecular weight is 358 g/mol. The molecule has 2 N–H and O–H groups in total. The predicted octanol–water partition coefficient (Wildman–Crippen LogP) is 3.02. The number of halogens is 2. The van der Waals surface area contributed by atoms with Crippen LogP contribution in [0.4, 0.5) is 4.39 Å². The quantitative estimate of drug-likeness (QED) is 0.914. The monoisotopic (exact) mass is 357 g/mol. The van der Waals surface area contributed by atoms with E-state index in [1.165, 1.54) is 18.2 Å². The molecule has 2 rings (SSSR count). The van der Waals surface area contributed by atoms with Gasteiger partial charge in [0.25, 0.3) is 0 Å². The molecule has 20 heavy (non-hydrogen) atoms. The van der Waals surface area contributed by atoms with Crippen LogP contribution in [0, 0.1) is 5.82 Å². The molecule has 2 aromatic rings. The fourth-order valence-corrected chi connectivity index (χ4v) is 4.31. The molecule has 3 nitrogen and oxygen atoms in total. The summed E-state index contributed by atoms with van der Waals surface area (Å²) in [5.41, 5.74) is 6.31. The Kier molecular flexibility index (Phi) is 4.57. The molecule has 0 aliphatic heterocycles. The number of hydrogen-bond acceptors (Lipinski definition) is 3. The van der Waals surface area contributed by atoms with E-state index in [1.807, 2.05) is 0 Å². The van der Waals surface area contributed by atoms with E-state index >= 15 is 0 Å². The summed E-state index contributed by atoms with van der Waals surface area (Å²) in [5, 5.41) is 0. The highest BCUT2D eigenvalue weighted by Gasteiger charge is 2.20. The van der Waals surface area contributed by atoms with Crippen LogP contribution >= 0.6 is 15.9 Å². The second-order valence-electron chi connectivity index (χ2n) is 4.32. The molecule has 0 aliphatic carbocycles. The van der Waals surface area contributed by atoms with Crippen molar-refractivity contribution in [3.63, 3.8) is 0 Å². The number of rotatable bonds is 4. The van der Waals surface area contributed by atoms with Gasteiger partial charge in [-0.2, -0.15) is 0 Å².